The molecule has 2 rings (SSSR count). The van der Waals surface area contributed by atoms with Crippen molar-refractivity contribution in [2.24, 2.45) is 0 Å². The Labute approximate surface area is 116 Å². The first-order valence-corrected chi connectivity index (χ1v) is 6.56. The van der Waals surface area contributed by atoms with E-state index in [1.807, 2.05) is 4.90 Å². The summed E-state index contributed by atoms with van der Waals surface area (Å²) >= 11 is 11.8. The first-order chi connectivity index (χ1) is 8.37. The van der Waals surface area contributed by atoms with Gasteiger partial charge in [-0.05, 0) is 31.5 Å². The van der Waals surface area contributed by atoms with Gasteiger partial charge in [0.2, 0.25) is 0 Å². The van der Waals surface area contributed by atoms with E-state index >= 15 is 0 Å². The van der Waals surface area contributed by atoms with E-state index in [-0.39, 0.29) is 12.3 Å². The van der Waals surface area contributed by atoms with Crippen molar-refractivity contribution in [2.45, 2.75) is 18.9 Å². The molecule has 98 valence electrons. The van der Waals surface area contributed by atoms with Gasteiger partial charge in [-0.3, -0.25) is 9.69 Å². The van der Waals surface area contributed by atoms with Gasteiger partial charge in [-0.1, -0.05) is 23.2 Å². The number of β-amino-alcohol motifs (C(OH)–C–C–N with tert-alkyl or cyclic N) is 1. The van der Waals surface area contributed by atoms with E-state index in [1.54, 1.807) is 25.1 Å². The molecular formula is C13H15Cl2NO2. The van der Waals surface area contributed by atoms with Crippen LogP contribution in [0.2, 0.25) is 10.0 Å². The topological polar surface area (TPSA) is 40.5 Å². The zero-order chi connectivity index (χ0) is 13.3. The van der Waals surface area contributed by atoms with Crippen molar-refractivity contribution in [3.8, 4) is 0 Å². The van der Waals surface area contributed by atoms with Gasteiger partial charge in [0, 0.05) is 23.7 Å². The Morgan fingerprint density at radius 2 is 2.22 bits per heavy atom. The average Bonchev–Trinajstić information content (AvgIpc) is 2.57. The largest absolute Gasteiger partial charge is 0.389 e. The van der Waals surface area contributed by atoms with Crippen LogP contribution in [0.25, 0.3) is 0 Å². The van der Waals surface area contributed by atoms with E-state index in [4.69, 9.17) is 23.2 Å². The summed E-state index contributed by atoms with van der Waals surface area (Å²) in [5.74, 6) is -0.0469. The summed E-state index contributed by atoms with van der Waals surface area (Å²) in [6.07, 6.45) is 0.689. The summed E-state index contributed by atoms with van der Waals surface area (Å²) in [5, 5.41) is 10.7. The average molecular weight is 288 g/mol. The molecule has 0 bridgehead atoms. The molecule has 0 radical (unpaired) electrons. The number of ketones is 1. The zero-order valence-electron chi connectivity index (χ0n) is 10.1. The molecule has 1 atom stereocenters. The summed E-state index contributed by atoms with van der Waals surface area (Å²) in [5.41, 5.74) is -0.211. The minimum Gasteiger partial charge on any atom is -0.389 e. The molecule has 1 aromatic rings. The maximum atomic E-state index is 12.1. The Morgan fingerprint density at radius 3 is 2.78 bits per heavy atom. The van der Waals surface area contributed by atoms with Crippen LogP contribution in [0.4, 0.5) is 0 Å². The lowest BCUT2D eigenvalue weighted by molar-refractivity contribution is 0.0669. The second-order valence-corrected chi connectivity index (χ2v) is 5.85. The molecule has 0 aromatic heterocycles. The summed E-state index contributed by atoms with van der Waals surface area (Å²) in [4.78, 5) is 14.0. The van der Waals surface area contributed by atoms with Crippen molar-refractivity contribution < 1.29 is 9.90 Å². The molecule has 1 saturated heterocycles. The lowest BCUT2D eigenvalue weighted by atomic mass is 10.1. The van der Waals surface area contributed by atoms with Crippen LogP contribution in [0, 0.1) is 0 Å². The highest BCUT2D eigenvalue weighted by Gasteiger charge is 2.32. The number of benzene rings is 1. The molecule has 3 nitrogen and oxygen atoms in total. The van der Waals surface area contributed by atoms with Crippen LogP contribution in [-0.4, -0.2) is 41.0 Å². The summed E-state index contributed by atoms with van der Waals surface area (Å²) in [7, 11) is 0. The predicted octanol–water partition coefficient (Wildman–Crippen LogP) is 2.63. The number of Topliss-reactive ketones (excluding diaryl/α,β-unsaturated/α-hetero) is 1. The standard InChI is InChI=1S/C13H15Cl2NO2/c1-13(18)4-5-16(8-13)7-12(17)10-3-2-9(14)6-11(10)15/h2-3,6,18H,4-5,7-8H2,1H3. The van der Waals surface area contributed by atoms with Gasteiger partial charge in [0.1, 0.15) is 0 Å². The Balaban J connectivity index is 2.04. The van der Waals surface area contributed by atoms with Gasteiger partial charge in [-0.2, -0.15) is 0 Å². The minimum absolute atomic E-state index is 0.0469. The number of carbonyl (C=O) groups is 1. The van der Waals surface area contributed by atoms with Gasteiger partial charge in [-0.25, -0.2) is 0 Å². The van der Waals surface area contributed by atoms with E-state index in [1.165, 1.54) is 0 Å². The number of halogens is 2. The number of hydrogen-bond acceptors (Lipinski definition) is 3. The lowest BCUT2D eigenvalue weighted by Crippen LogP contribution is -2.33. The molecule has 1 N–H and O–H groups in total. The van der Waals surface area contributed by atoms with Crippen LogP contribution in [0.3, 0.4) is 0 Å². The van der Waals surface area contributed by atoms with Crippen molar-refractivity contribution in [3.63, 3.8) is 0 Å². The third kappa shape index (κ3) is 3.23. The van der Waals surface area contributed by atoms with Gasteiger partial charge in [0.05, 0.1) is 17.2 Å². The van der Waals surface area contributed by atoms with Crippen molar-refractivity contribution in [1.29, 1.82) is 0 Å². The molecule has 0 saturated carbocycles. The fraction of sp³-hybridized carbons (Fsp3) is 0.462. The van der Waals surface area contributed by atoms with Gasteiger partial charge in [0.25, 0.3) is 0 Å². The monoisotopic (exact) mass is 287 g/mol. The number of carbonyl (C=O) groups excluding carboxylic acids is 1. The third-order valence-electron chi connectivity index (χ3n) is 3.13. The normalized spacial score (nSPS) is 24.4. The van der Waals surface area contributed by atoms with E-state index in [2.05, 4.69) is 0 Å². The van der Waals surface area contributed by atoms with Crippen LogP contribution >= 0.6 is 23.2 Å². The van der Waals surface area contributed by atoms with E-state index in [9.17, 15) is 9.90 Å². The van der Waals surface area contributed by atoms with Gasteiger partial charge >= 0.3 is 0 Å². The van der Waals surface area contributed by atoms with Crippen molar-refractivity contribution in [1.82, 2.24) is 4.90 Å². The number of hydrogen-bond donors (Lipinski definition) is 1. The smallest absolute Gasteiger partial charge is 0.178 e. The number of nitrogens with zero attached hydrogens (tertiary/aromatic N) is 1. The van der Waals surface area contributed by atoms with Crippen LogP contribution in [0.15, 0.2) is 18.2 Å². The fourth-order valence-electron chi connectivity index (χ4n) is 2.18. The van der Waals surface area contributed by atoms with Crippen molar-refractivity contribution in [3.05, 3.63) is 33.8 Å². The zero-order valence-corrected chi connectivity index (χ0v) is 11.6. The highest BCUT2D eigenvalue weighted by molar-refractivity contribution is 6.36. The molecule has 1 aliphatic rings. The minimum atomic E-state index is -0.690. The quantitative estimate of drug-likeness (QED) is 0.869. The second kappa shape index (κ2) is 5.17. The highest BCUT2D eigenvalue weighted by atomic mass is 35.5. The molecule has 5 heteroatoms. The van der Waals surface area contributed by atoms with E-state index in [0.29, 0.717) is 28.6 Å². The second-order valence-electron chi connectivity index (χ2n) is 5.00. The summed E-state index contributed by atoms with van der Waals surface area (Å²) < 4.78 is 0. The SMILES string of the molecule is CC1(O)CCN(CC(=O)c2ccc(Cl)cc2Cl)C1. The molecular weight excluding hydrogens is 273 g/mol. The van der Waals surface area contributed by atoms with Gasteiger partial charge in [-0.15, -0.1) is 0 Å². The molecule has 18 heavy (non-hydrogen) atoms. The number of aliphatic hydroxyl groups is 1. The first kappa shape index (κ1) is 13.8. The Morgan fingerprint density at radius 1 is 1.50 bits per heavy atom. The predicted molar refractivity (Wildman–Crippen MR) is 72.5 cm³/mol. The van der Waals surface area contributed by atoms with Gasteiger partial charge in [0.15, 0.2) is 5.78 Å². The molecule has 0 aliphatic carbocycles. The fourth-order valence-corrected chi connectivity index (χ4v) is 2.69. The van der Waals surface area contributed by atoms with Crippen molar-refractivity contribution in [2.75, 3.05) is 19.6 Å². The van der Waals surface area contributed by atoms with Crippen LogP contribution in [0.1, 0.15) is 23.7 Å². The first-order valence-electron chi connectivity index (χ1n) is 5.80. The molecule has 1 aliphatic heterocycles. The van der Waals surface area contributed by atoms with Crippen LogP contribution in [-0.2, 0) is 0 Å². The maximum absolute atomic E-state index is 12.1. The maximum Gasteiger partial charge on any atom is 0.178 e. The van der Waals surface area contributed by atoms with Gasteiger partial charge < -0.3 is 5.11 Å². The van der Waals surface area contributed by atoms with E-state index < -0.39 is 5.60 Å². The lowest BCUT2D eigenvalue weighted by Gasteiger charge is -2.18. The number of rotatable bonds is 3. The highest BCUT2D eigenvalue weighted by Crippen LogP contribution is 2.24. The van der Waals surface area contributed by atoms with Crippen LogP contribution < -0.4 is 0 Å². The van der Waals surface area contributed by atoms with Crippen LogP contribution in [0.5, 0.6) is 0 Å². The Hall–Kier alpha value is -0.610. The van der Waals surface area contributed by atoms with Crippen molar-refractivity contribution >= 4 is 29.0 Å². The third-order valence-corrected chi connectivity index (χ3v) is 3.68. The molecule has 0 amide bonds. The molecule has 1 heterocycles. The molecule has 0 spiro atoms. The van der Waals surface area contributed by atoms with E-state index in [0.717, 1.165) is 6.54 Å². The number of likely N-dealkylation sites (tertiary alicyclic amines) is 1. The molecule has 1 aromatic carbocycles. The molecule has 1 fully saturated rings. The Bertz CT molecular complexity index is 474. The summed E-state index contributed by atoms with van der Waals surface area (Å²) in [6, 6.07) is 4.86. The molecule has 1 unspecified atom stereocenters. The Kier molecular flexibility index (Phi) is 3.97. The summed E-state index contributed by atoms with van der Waals surface area (Å²) in [6.45, 7) is 3.30.